The second kappa shape index (κ2) is 7.46. The minimum Gasteiger partial charge on any atom is -0.316 e. The van der Waals surface area contributed by atoms with Gasteiger partial charge in [0.25, 0.3) is 0 Å². The maximum atomic E-state index is 13.2. The number of rotatable bonds is 5. The van der Waals surface area contributed by atoms with Crippen molar-refractivity contribution in [2.75, 3.05) is 12.8 Å². The first-order chi connectivity index (χ1) is 9.60. The molecule has 4 unspecified atom stereocenters. The van der Waals surface area contributed by atoms with Gasteiger partial charge in [-0.15, -0.1) is 11.8 Å². The highest BCUT2D eigenvalue weighted by atomic mass is 32.2. The molecule has 0 heterocycles. The van der Waals surface area contributed by atoms with Gasteiger partial charge in [-0.3, -0.25) is 0 Å². The Hall–Kier alpha value is -0.540. The summed E-state index contributed by atoms with van der Waals surface area (Å²) in [6, 6.07) is 7.44. The largest absolute Gasteiger partial charge is 0.316 e. The summed E-state index contributed by atoms with van der Waals surface area (Å²) in [5.74, 6) is 3.32. The lowest BCUT2D eigenvalue weighted by molar-refractivity contribution is 0.181. The van der Waals surface area contributed by atoms with Crippen molar-refractivity contribution >= 4 is 11.8 Å². The molecule has 4 atom stereocenters. The van der Waals surface area contributed by atoms with Crippen LogP contribution in [0.1, 0.15) is 33.1 Å². The maximum Gasteiger partial charge on any atom is 0.124 e. The topological polar surface area (TPSA) is 12.0 Å². The second-order valence-corrected chi connectivity index (χ2v) is 7.28. The number of benzene rings is 1. The lowest BCUT2D eigenvalue weighted by Gasteiger charge is -2.36. The predicted molar refractivity (Wildman–Crippen MR) is 85.6 cm³/mol. The summed E-state index contributed by atoms with van der Waals surface area (Å²) in [4.78, 5) is 1.03. The summed E-state index contributed by atoms with van der Waals surface area (Å²) in [6.45, 7) is 4.75. The lowest BCUT2D eigenvalue weighted by atomic mass is 9.73. The predicted octanol–water partition coefficient (Wildman–Crippen LogP) is 4.58. The van der Waals surface area contributed by atoms with E-state index in [4.69, 9.17) is 0 Å². The molecule has 0 saturated heterocycles. The van der Waals surface area contributed by atoms with E-state index >= 15 is 0 Å². The van der Waals surface area contributed by atoms with E-state index in [1.165, 1.54) is 25.3 Å². The summed E-state index contributed by atoms with van der Waals surface area (Å²) >= 11 is 1.76. The van der Waals surface area contributed by atoms with Gasteiger partial charge in [-0.1, -0.05) is 26.3 Å². The zero-order valence-electron chi connectivity index (χ0n) is 12.7. The third kappa shape index (κ3) is 4.23. The van der Waals surface area contributed by atoms with Crippen LogP contribution in [0.15, 0.2) is 29.2 Å². The van der Waals surface area contributed by atoms with Crippen LogP contribution < -0.4 is 5.32 Å². The van der Waals surface area contributed by atoms with Crippen molar-refractivity contribution in [3.63, 3.8) is 0 Å². The van der Waals surface area contributed by atoms with Crippen molar-refractivity contribution in [3.8, 4) is 0 Å². The Morgan fingerprint density at radius 3 is 2.75 bits per heavy atom. The van der Waals surface area contributed by atoms with Crippen LogP contribution in [0.3, 0.4) is 0 Å². The number of nitrogens with one attached hydrogen (secondary N) is 1. The number of thioether (sulfide) groups is 1. The van der Waals surface area contributed by atoms with Crippen molar-refractivity contribution in [3.05, 3.63) is 30.1 Å². The lowest BCUT2D eigenvalue weighted by Crippen LogP contribution is -2.39. The Morgan fingerprint density at radius 2 is 2.10 bits per heavy atom. The van der Waals surface area contributed by atoms with Crippen LogP contribution in [0.2, 0.25) is 0 Å². The van der Waals surface area contributed by atoms with Gasteiger partial charge < -0.3 is 5.32 Å². The van der Waals surface area contributed by atoms with E-state index in [-0.39, 0.29) is 5.82 Å². The van der Waals surface area contributed by atoms with Crippen LogP contribution in [0.5, 0.6) is 0 Å². The minimum absolute atomic E-state index is 0.142. The van der Waals surface area contributed by atoms with Crippen LogP contribution >= 0.6 is 11.8 Å². The zero-order valence-corrected chi connectivity index (χ0v) is 13.5. The number of hydrogen-bond donors (Lipinski definition) is 1. The molecule has 112 valence electrons. The third-order valence-corrected chi connectivity index (χ3v) is 5.92. The molecule has 0 amide bonds. The highest BCUT2D eigenvalue weighted by molar-refractivity contribution is 7.99. The monoisotopic (exact) mass is 295 g/mol. The number of hydrogen-bond acceptors (Lipinski definition) is 2. The molecule has 0 bridgehead atoms. The highest BCUT2D eigenvalue weighted by Crippen LogP contribution is 2.36. The third-order valence-electron chi connectivity index (χ3n) is 4.80. The van der Waals surface area contributed by atoms with E-state index in [0.29, 0.717) is 6.04 Å². The van der Waals surface area contributed by atoms with Gasteiger partial charge in [-0.05, 0) is 55.8 Å². The summed E-state index contributed by atoms with van der Waals surface area (Å²) < 4.78 is 13.2. The molecule has 1 N–H and O–H groups in total. The highest BCUT2D eigenvalue weighted by Gasteiger charge is 2.29. The van der Waals surface area contributed by atoms with Crippen LogP contribution in [-0.2, 0) is 0 Å². The summed E-state index contributed by atoms with van der Waals surface area (Å²) in [6.07, 6.45) is 3.98. The standard InChI is InChI=1S/C17H26FNS/c1-12-7-8-14(9-13(12)2)17(19-3)11-20-16-6-4-5-15(18)10-16/h4-6,10,12-14,17,19H,7-9,11H2,1-3H3. The molecule has 1 aromatic carbocycles. The Morgan fingerprint density at radius 1 is 1.30 bits per heavy atom. The molecule has 0 radical (unpaired) electrons. The van der Waals surface area contributed by atoms with Gasteiger partial charge in [0.15, 0.2) is 0 Å². The molecule has 1 aliphatic carbocycles. The smallest absolute Gasteiger partial charge is 0.124 e. The Bertz CT molecular complexity index is 423. The molecular weight excluding hydrogens is 269 g/mol. The molecular formula is C17H26FNS. The summed E-state index contributed by atoms with van der Waals surface area (Å²) in [5.41, 5.74) is 0. The van der Waals surface area contributed by atoms with Gasteiger partial charge in [0, 0.05) is 16.7 Å². The van der Waals surface area contributed by atoms with Crippen molar-refractivity contribution in [1.82, 2.24) is 5.32 Å². The molecule has 1 nitrogen and oxygen atoms in total. The van der Waals surface area contributed by atoms with Crippen molar-refractivity contribution in [2.24, 2.45) is 17.8 Å². The maximum absolute atomic E-state index is 13.2. The van der Waals surface area contributed by atoms with Gasteiger partial charge in [-0.2, -0.15) is 0 Å². The molecule has 0 aromatic heterocycles. The normalized spacial score (nSPS) is 28.3. The molecule has 0 spiro atoms. The molecule has 20 heavy (non-hydrogen) atoms. The first kappa shape index (κ1) is 15.8. The van der Waals surface area contributed by atoms with E-state index in [0.717, 1.165) is 28.4 Å². The molecule has 2 rings (SSSR count). The van der Waals surface area contributed by atoms with Gasteiger partial charge >= 0.3 is 0 Å². The Labute approximate surface area is 126 Å². The van der Waals surface area contributed by atoms with Gasteiger partial charge in [0.2, 0.25) is 0 Å². The van der Waals surface area contributed by atoms with E-state index in [1.807, 2.05) is 6.07 Å². The average molecular weight is 295 g/mol. The second-order valence-electron chi connectivity index (χ2n) is 6.19. The van der Waals surface area contributed by atoms with Gasteiger partial charge in [0.1, 0.15) is 5.82 Å². The molecule has 1 aromatic rings. The van der Waals surface area contributed by atoms with Crippen LogP contribution in [-0.4, -0.2) is 18.8 Å². The van der Waals surface area contributed by atoms with Crippen molar-refractivity contribution in [1.29, 1.82) is 0 Å². The quantitative estimate of drug-likeness (QED) is 0.798. The Balaban J connectivity index is 1.89. The van der Waals surface area contributed by atoms with E-state index in [1.54, 1.807) is 23.9 Å². The average Bonchev–Trinajstić information content (AvgIpc) is 2.43. The number of halogens is 1. The fraction of sp³-hybridized carbons (Fsp3) is 0.647. The fourth-order valence-corrected chi connectivity index (χ4v) is 4.33. The molecule has 1 aliphatic rings. The van der Waals surface area contributed by atoms with E-state index in [9.17, 15) is 4.39 Å². The van der Waals surface area contributed by atoms with E-state index in [2.05, 4.69) is 26.2 Å². The van der Waals surface area contributed by atoms with Gasteiger partial charge in [0.05, 0.1) is 0 Å². The van der Waals surface area contributed by atoms with Crippen molar-refractivity contribution in [2.45, 2.75) is 44.0 Å². The van der Waals surface area contributed by atoms with Crippen LogP contribution in [0.4, 0.5) is 4.39 Å². The zero-order chi connectivity index (χ0) is 14.5. The van der Waals surface area contributed by atoms with E-state index < -0.39 is 0 Å². The fourth-order valence-electron chi connectivity index (χ4n) is 3.15. The molecule has 0 aliphatic heterocycles. The first-order valence-electron chi connectivity index (χ1n) is 7.65. The summed E-state index contributed by atoms with van der Waals surface area (Å²) in [5, 5.41) is 3.48. The first-order valence-corrected chi connectivity index (χ1v) is 8.64. The van der Waals surface area contributed by atoms with Crippen LogP contribution in [0, 0.1) is 23.6 Å². The molecule has 1 saturated carbocycles. The van der Waals surface area contributed by atoms with Gasteiger partial charge in [-0.25, -0.2) is 4.39 Å². The molecule has 1 fully saturated rings. The SMILES string of the molecule is CNC(CSc1cccc(F)c1)C1CCC(C)C(C)C1. The van der Waals surface area contributed by atoms with Crippen molar-refractivity contribution < 1.29 is 4.39 Å². The Kier molecular flexibility index (Phi) is 5.91. The summed E-state index contributed by atoms with van der Waals surface area (Å²) in [7, 11) is 2.06. The minimum atomic E-state index is -0.142. The molecule has 3 heteroatoms. The van der Waals surface area contributed by atoms with Crippen LogP contribution in [0.25, 0.3) is 0 Å².